The van der Waals surface area contributed by atoms with E-state index in [1.54, 1.807) is 0 Å². The van der Waals surface area contributed by atoms with E-state index in [0.717, 1.165) is 6.54 Å². The first-order valence-corrected chi connectivity index (χ1v) is 5.31. The van der Waals surface area contributed by atoms with Crippen LogP contribution in [0.2, 0.25) is 0 Å². The summed E-state index contributed by atoms with van der Waals surface area (Å²) in [6, 6.07) is 8.82. The molecule has 0 amide bonds. The van der Waals surface area contributed by atoms with Crippen LogP contribution in [0.15, 0.2) is 30.5 Å². The van der Waals surface area contributed by atoms with Crippen LogP contribution >= 0.6 is 0 Å². The molecule has 0 N–H and O–H groups in total. The lowest BCUT2D eigenvalue weighted by atomic mass is 9.99. The lowest BCUT2D eigenvalue weighted by Crippen LogP contribution is -1.92. The standard InChI is InChI=1S/C13H17N/c1-4-14-9-8-12-11(10(2)3)6-5-7-13(12)14/h5-10H,4H2,1-3H3. The topological polar surface area (TPSA) is 4.93 Å². The van der Waals surface area contributed by atoms with E-state index in [4.69, 9.17) is 0 Å². The first-order valence-electron chi connectivity index (χ1n) is 5.31. The van der Waals surface area contributed by atoms with Crippen molar-refractivity contribution in [1.82, 2.24) is 4.57 Å². The average molecular weight is 187 g/mol. The van der Waals surface area contributed by atoms with Gasteiger partial charge in [0.15, 0.2) is 0 Å². The maximum atomic E-state index is 2.29. The van der Waals surface area contributed by atoms with Crippen LogP contribution in [0, 0.1) is 0 Å². The summed E-state index contributed by atoms with van der Waals surface area (Å²) in [6.45, 7) is 7.72. The fourth-order valence-electron chi connectivity index (χ4n) is 2.03. The molecule has 0 bridgehead atoms. The largest absolute Gasteiger partial charge is 0.348 e. The Balaban J connectivity index is 2.70. The molecule has 1 nitrogen and oxygen atoms in total. The highest BCUT2D eigenvalue weighted by Crippen LogP contribution is 2.25. The quantitative estimate of drug-likeness (QED) is 0.674. The van der Waals surface area contributed by atoms with Crippen LogP contribution in [0.4, 0.5) is 0 Å². The average Bonchev–Trinajstić information content (AvgIpc) is 2.59. The molecule has 0 spiro atoms. The molecular formula is C13H17N. The van der Waals surface area contributed by atoms with Crippen molar-refractivity contribution in [3.63, 3.8) is 0 Å². The van der Waals surface area contributed by atoms with Gasteiger partial charge in [0.25, 0.3) is 0 Å². The molecule has 0 saturated heterocycles. The van der Waals surface area contributed by atoms with Crippen molar-refractivity contribution < 1.29 is 0 Å². The van der Waals surface area contributed by atoms with Crippen LogP contribution in [0.1, 0.15) is 32.3 Å². The first kappa shape index (κ1) is 9.32. The SMILES string of the molecule is CCn1ccc2c(C(C)C)cccc21. The maximum Gasteiger partial charge on any atom is 0.0483 e. The van der Waals surface area contributed by atoms with Crippen molar-refractivity contribution in [2.75, 3.05) is 0 Å². The molecule has 0 fully saturated rings. The van der Waals surface area contributed by atoms with E-state index in [1.807, 2.05) is 0 Å². The van der Waals surface area contributed by atoms with E-state index in [1.165, 1.54) is 16.5 Å². The van der Waals surface area contributed by atoms with Crippen LogP contribution in [-0.2, 0) is 6.54 Å². The molecule has 0 aliphatic heterocycles. The third-order valence-corrected chi connectivity index (χ3v) is 2.81. The van der Waals surface area contributed by atoms with Gasteiger partial charge in [-0.2, -0.15) is 0 Å². The van der Waals surface area contributed by atoms with Crippen molar-refractivity contribution >= 4 is 10.9 Å². The number of fused-ring (bicyclic) bond motifs is 1. The number of aromatic nitrogens is 1. The predicted octanol–water partition coefficient (Wildman–Crippen LogP) is 3.78. The van der Waals surface area contributed by atoms with Gasteiger partial charge in [0, 0.05) is 23.6 Å². The maximum absolute atomic E-state index is 2.29. The van der Waals surface area contributed by atoms with Gasteiger partial charge >= 0.3 is 0 Å². The molecule has 1 aromatic heterocycles. The molecule has 0 aliphatic rings. The van der Waals surface area contributed by atoms with Gasteiger partial charge in [-0.15, -0.1) is 0 Å². The highest BCUT2D eigenvalue weighted by Gasteiger charge is 2.06. The fraction of sp³-hybridized carbons (Fsp3) is 0.385. The molecule has 14 heavy (non-hydrogen) atoms. The van der Waals surface area contributed by atoms with Crippen LogP contribution < -0.4 is 0 Å². The molecule has 1 aromatic carbocycles. The fourth-order valence-corrected chi connectivity index (χ4v) is 2.03. The van der Waals surface area contributed by atoms with Gasteiger partial charge in [-0.25, -0.2) is 0 Å². The second-order valence-corrected chi connectivity index (χ2v) is 4.04. The monoisotopic (exact) mass is 187 g/mol. The van der Waals surface area contributed by atoms with Gasteiger partial charge in [0.05, 0.1) is 0 Å². The minimum atomic E-state index is 0.603. The van der Waals surface area contributed by atoms with Gasteiger partial charge in [0.2, 0.25) is 0 Å². The summed E-state index contributed by atoms with van der Waals surface area (Å²) in [5, 5.41) is 1.41. The van der Waals surface area contributed by atoms with E-state index in [2.05, 4.69) is 55.8 Å². The number of hydrogen-bond donors (Lipinski definition) is 0. The van der Waals surface area contributed by atoms with Gasteiger partial charge in [0.1, 0.15) is 0 Å². The number of nitrogens with zero attached hydrogens (tertiary/aromatic N) is 1. The zero-order valence-electron chi connectivity index (χ0n) is 9.12. The normalized spacial score (nSPS) is 11.4. The first-order chi connectivity index (χ1) is 6.74. The van der Waals surface area contributed by atoms with E-state index in [9.17, 15) is 0 Å². The lowest BCUT2D eigenvalue weighted by molar-refractivity contribution is 0.797. The highest BCUT2D eigenvalue weighted by molar-refractivity contribution is 5.84. The van der Waals surface area contributed by atoms with Crippen molar-refractivity contribution in [1.29, 1.82) is 0 Å². The Kier molecular flexibility index (Phi) is 2.32. The van der Waals surface area contributed by atoms with Crippen molar-refractivity contribution in [2.45, 2.75) is 33.2 Å². The molecule has 0 unspecified atom stereocenters. The number of rotatable bonds is 2. The summed E-state index contributed by atoms with van der Waals surface area (Å²) >= 11 is 0. The summed E-state index contributed by atoms with van der Waals surface area (Å²) in [5.41, 5.74) is 2.81. The number of hydrogen-bond acceptors (Lipinski definition) is 0. The zero-order valence-corrected chi connectivity index (χ0v) is 9.12. The molecule has 2 rings (SSSR count). The summed E-state index contributed by atoms with van der Waals surface area (Å²) in [5.74, 6) is 0.603. The third kappa shape index (κ3) is 1.33. The summed E-state index contributed by atoms with van der Waals surface area (Å²) in [4.78, 5) is 0. The Hall–Kier alpha value is -1.24. The predicted molar refractivity (Wildman–Crippen MR) is 61.7 cm³/mol. The van der Waals surface area contributed by atoms with Crippen LogP contribution in [-0.4, -0.2) is 4.57 Å². The van der Waals surface area contributed by atoms with Crippen LogP contribution in [0.5, 0.6) is 0 Å². The molecule has 74 valence electrons. The van der Waals surface area contributed by atoms with Crippen molar-refractivity contribution in [3.8, 4) is 0 Å². The van der Waals surface area contributed by atoms with E-state index < -0.39 is 0 Å². The number of aryl methyl sites for hydroxylation is 1. The molecule has 2 aromatic rings. The Morgan fingerprint density at radius 2 is 2.00 bits per heavy atom. The van der Waals surface area contributed by atoms with Crippen molar-refractivity contribution in [3.05, 3.63) is 36.0 Å². The summed E-state index contributed by atoms with van der Waals surface area (Å²) < 4.78 is 2.29. The Labute approximate surface area is 85.4 Å². The zero-order chi connectivity index (χ0) is 10.1. The molecule has 0 atom stereocenters. The van der Waals surface area contributed by atoms with E-state index >= 15 is 0 Å². The smallest absolute Gasteiger partial charge is 0.0483 e. The Morgan fingerprint density at radius 3 is 2.64 bits per heavy atom. The molecule has 0 saturated carbocycles. The minimum absolute atomic E-state index is 0.603. The second-order valence-electron chi connectivity index (χ2n) is 4.04. The van der Waals surface area contributed by atoms with Crippen LogP contribution in [0.25, 0.3) is 10.9 Å². The van der Waals surface area contributed by atoms with Crippen LogP contribution in [0.3, 0.4) is 0 Å². The molecular weight excluding hydrogens is 170 g/mol. The van der Waals surface area contributed by atoms with Crippen molar-refractivity contribution in [2.24, 2.45) is 0 Å². The van der Waals surface area contributed by atoms with Gasteiger partial charge in [-0.3, -0.25) is 0 Å². The highest BCUT2D eigenvalue weighted by atomic mass is 14.9. The summed E-state index contributed by atoms with van der Waals surface area (Å²) in [7, 11) is 0. The minimum Gasteiger partial charge on any atom is -0.348 e. The number of benzene rings is 1. The molecule has 0 aliphatic carbocycles. The summed E-state index contributed by atoms with van der Waals surface area (Å²) in [6.07, 6.45) is 2.18. The Morgan fingerprint density at radius 1 is 1.21 bits per heavy atom. The van der Waals surface area contributed by atoms with Gasteiger partial charge < -0.3 is 4.57 Å². The molecule has 0 radical (unpaired) electrons. The lowest BCUT2D eigenvalue weighted by Gasteiger charge is -2.07. The molecule has 1 heterocycles. The van der Waals surface area contributed by atoms with Gasteiger partial charge in [-0.05, 0) is 30.5 Å². The third-order valence-electron chi connectivity index (χ3n) is 2.81. The Bertz CT molecular complexity index is 437. The second kappa shape index (κ2) is 3.49. The van der Waals surface area contributed by atoms with E-state index in [0.29, 0.717) is 5.92 Å². The van der Waals surface area contributed by atoms with Gasteiger partial charge in [-0.1, -0.05) is 26.0 Å². The molecule has 1 heteroatoms. The van der Waals surface area contributed by atoms with E-state index in [-0.39, 0.29) is 0 Å².